The Labute approximate surface area is 234 Å². The first-order chi connectivity index (χ1) is 19.7. The molecule has 1 aliphatic heterocycles. The number of ether oxygens (including phenoxy) is 1. The number of hydrogen-bond acceptors (Lipinski definition) is 8. The van der Waals surface area contributed by atoms with Gasteiger partial charge in [-0.1, -0.05) is 30.3 Å². The number of piperazine rings is 1. The van der Waals surface area contributed by atoms with Crippen molar-refractivity contribution in [2.24, 2.45) is 0 Å². The molecule has 1 unspecified atom stereocenters. The molecule has 9 nitrogen and oxygen atoms in total. The number of anilines is 1. The zero-order chi connectivity index (χ0) is 29.0. The van der Waals surface area contributed by atoms with Crippen LogP contribution in [-0.2, 0) is 23.9 Å². The minimum Gasteiger partial charge on any atom is -0.493 e. The van der Waals surface area contributed by atoms with E-state index in [2.05, 4.69) is 15.0 Å². The number of carboxylic acids is 1. The van der Waals surface area contributed by atoms with E-state index in [0.717, 1.165) is 34.8 Å². The van der Waals surface area contributed by atoms with Crippen LogP contribution < -0.4 is 9.64 Å². The Morgan fingerprint density at radius 3 is 2.54 bits per heavy atom. The van der Waals surface area contributed by atoms with Crippen LogP contribution in [-0.4, -0.2) is 63.2 Å². The minimum atomic E-state index is -4.61. The lowest BCUT2D eigenvalue weighted by molar-refractivity contribution is -0.144. The van der Waals surface area contributed by atoms with Crippen molar-refractivity contribution in [3.8, 4) is 17.2 Å². The largest absolute Gasteiger partial charge is 0.493 e. The van der Waals surface area contributed by atoms with E-state index in [0.29, 0.717) is 44.3 Å². The number of aryl methyl sites for hydroxylation is 1. The third-order valence-corrected chi connectivity index (χ3v) is 6.82. The fraction of sp³-hybridized carbons (Fsp3) is 0.310. The van der Waals surface area contributed by atoms with Crippen molar-refractivity contribution < 1.29 is 32.2 Å². The highest BCUT2D eigenvalue weighted by Gasteiger charge is 2.36. The molecule has 3 heterocycles. The van der Waals surface area contributed by atoms with Gasteiger partial charge in [0.15, 0.2) is 0 Å². The molecule has 41 heavy (non-hydrogen) atoms. The van der Waals surface area contributed by atoms with Crippen LogP contribution in [0.5, 0.6) is 5.75 Å². The zero-order valence-corrected chi connectivity index (χ0v) is 22.2. The van der Waals surface area contributed by atoms with E-state index >= 15 is 0 Å². The zero-order valence-electron chi connectivity index (χ0n) is 22.2. The van der Waals surface area contributed by atoms with Gasteiger partial charge in [0.1, 0.15) is 23.2 Å². The molecule has 4 aromatic rings. The van der Waals surface area contributed by atoms with Crippen LogP contribution in [0.3, 0.4) is 0 Å². The second-order valence-electron chi connectivity index (χ2n) is 9.64. The quantitative estimate of drug-likeness (QED) is 0.304. The van der Waals surface area contributed by atoms with Crippen molar-refractivity contribution in [1.82, 2.24) is 19.9 Å². The van der Waals surface area contributed by atoms with Gasteiger partial charge in [-0.25, -0.2) is 15.0 Å². The summed E-state index contributed by atoms with van der Waals surface area (Å²) >= 11 is 0. The molecule has 0 aliphatic carbocycles. The Morgan fingerprint density at radius 2 is 1.83 bits per heavy atom. The van der Waals surface area contributed by atoms with E-state index in [-0.39, 0.29) is 12.5 Å². The maximum absolute atomic E-state index is 13.1. The Kier molecular flexibility index (Phi) is 8.20. The fourth-order valence-corrected chi connectivity index (χ4v) is 4.64. The van der Waals surface area contributed by atoms with Gasteiger partial charge in [-0.2, -0.15) is 13.2 Å². The number of aliphatic carboxylic acids is 1. The number of hydrogen-bond donors (Lipinski definition) is 1. The highest BCUT2D eigenvalue weighted by atomic mass is 19.4. The molecule has 1 fully saturated rings. The summed E-state index contributed by atoms with van der Waals surface area (Å²) in [6, 6.07) is 16.9. The third kappa shape index (κ3) is 6.83. The van der Waals surface area contributed by atoms with E-state index in [1.807, 2.05) is 61.5 Å². The summed E-state index contributed by atoms with van der Waals surface area (Å²) in [5, 5.41) is 9.84. The molecule has 0 spiro atoms. The normalized spacial score (nSPS) is 16.1. The highest BCUT2D eigenvalue weighted by Crippen LogP contribution is 2.29. The summed E-state index contributed by atoms with van der Waals surface area (Å²) in [5.74, 6) is 0.782. The smallest absolute Gasteiger partial charge is 0.433 e. The van der Waals surface area contributed by atoms with Crippen LogP contribution in [0.25, 0.3) is 11.5 Å². The first kappa shape index (κ1) is 28.1. The van der Waals surface area contributed by atoms with Gasteiger partial charge in [-0.05, 0) is 42.8 Å². The average molecular weight is 568 g/mol. The number of halogens is 3. The van der Waals surface area contributed by atoms with Crippen LogP contribution >= 0.6 is 0 Å². The second kappa shape index (κ2) is 12.0. The van der Waals surface area contributed by atoms with Crippen molar-refractivity contribution in [3.05, 3.63) is 89.6 Å². The molecule has 1 aliphatic rings. The van der Waals surface area contributed by atoms with Crippen LogP contribution in [0.15, 0.2) is 71.3 Å². The predicted molar refractivity (Wildman–Crippen MR) is 143 cm³/mol. The Morgan fingerprint density at radius 1 is 1.07 bits per heavy atom. The van der Waals surface area contributed by atoms with Crippen LogP contribution in [0.1, 0.15) is 22.7 Å². The summed E-state index contributed by atoms with van der Waals surface area (Å²) in [7, 11) is 0. The molecule has 0 saturated carbocycles. The van der Waals surface area contributed by atoms with Crippen molar-refractivity contribution in [1.29, 1.82) is 0 Å². The van der Waals surface area contributed by atoms with Gasteiger partial charge in [0.25, 0.3) is 0 Å². The van der Waals surface area contributed by atoms with E-state index in [4.69, 9.17) is 9.15 Å². The van der Waals surface area contributed by atoms with E-state index < -0.39 is 23.9 Å². The standard InChI is InChI=1S/C29H28F3N5O4/c1-19-23(34-26(41-19)21-5-3-2-4-6-21)12-16-40-22-9-7-20(8-10-22)17-36-14-15-37(18-24(36)27(38)39)28-33-13-11-25(35-28)29(30,31)32/h2-11,13,24H,12,14-18H2,1H3,(H,38,39). The molecule has 12 heteroatoms. The molecule has 1 atom stereocenters. The van der Waals surface area contributed by atoms with Crippen molar-refractivity contribution in [2.45, 2.75) is 32.1 Å². The number of alkyl halides is 3. The molecular weight excluding hydrogens is 539 g/mol. The van der Waals surface area contributed by atoms with Crippen LogP contribution in [0.4, 0.5) is 19.1 Å². The topological polar surface area (TPSA) is 105 Å². The lowest BCUT2D eigenvalue weighted by Gasteiger charge is -2.39. The lowest BCUT2D eigenvalue weighted by Crippen LogP contribution is -2.56. The molecule has 2 aromatic heterocycles. The number of oxazole rings is 1. The van der Waals surface area contributed by atoms with Crippen LogP contribution in [0, 0.1) is 6.92 Å². The molecule has 214 valence electrons. The Hall–Kier alpha value is -4.45. The first-order valence-corrected chi connectivity index (χ1v) is 13.0. The van der Waals surface area contributed by atoms with Crippen molar-refractivity contribution >= 4 is 11.9 Å². The number of carboxylic acid groups (broad SMARTS) is 1. The average Bonchev–Trinajstić information content (AvgIpc) is 3.34. The van der Waals surface area contributed by atoms with E-state index in [1.165, 1.54) is 4.90 Å². The maximum atomic E-state index is 13.1. The van der Waals surface area contributed by atoms with Gasteiger partial charge < -0.3 is 19.2 Å². The predicted octanol–water partition coefficient (Wildman–Crippen LogP) is 4.86. The Balaban J connectivity index is 1.15. The summed E-state index contributed by atoms with van der Waals surface area (Å²) in [5.41, 5.74) is 1.56. The summed E-state index contributed by atoms with van der Waals surface area (Å²) in [6.45, 7) is 3.21. The minimum absolute atomic E-state index is 0.0364. The van der Waals surface area contributed by atoms with Gasteiger partial charge in [0, 0.05) is 44.4 Å². The number of rotatable bonds is 9. The maximum Gasteiger partial charge on any atom is 0.433 e. The monoisotopic (exact) mass is 567 g/mol. The molecule has 1 saturated heterocycles. The number of aromatic nitrogens is 3. The van der Waals surface area contributed by atoms with E-state index in [9.17, 15) is 23.1 Å². The second-order valence-corrected chi connectivity index (χ2v) is 9.64. The lowest BCUT2D eigenvalue weighted by atomic mass is 10.1. The molecule has 5 rings (SSSR count). The molecular formula is C29H28F3N5O4. The van der Waals surface area contributed by atoms with Gasteiger partial charge in [0.2, 0.25) is 11.8 Å². The van der Waals surface area contributed by atoms with Crippen molar-refractivity contribution in [3.63, 3.8) is 0 Å². The van der Waals surface area contributed by atoms with Gasteiger partial charge in [0.05, 0.1) is 12.3 Å². The first-order valence-electron chi connectivity index (χ1n) is 13.0. The van der Waals surface area contributed by atoms with Crippen LogP contribution in [0.2, 0.25) is 0 Å². The third-order valence-electron chi connectivity index (χ3n) is 6.82. The van der Waals surface area contributed by atoms with E-state index in [1.54, 1.807) is 4.90 Å². The summed E-state index contributed by atoms with van der Waals surface area (Å²) in [6.07, 6.45) is -3.00. The summed E-state index contributed by atoms with van der Waals surface area (Å²) < 4.78 is 50.9. The molecule has 1 N–H and O–H groups in total. The molecule has 0 radical (unpaired) electrons. The number of benzene rings is 2. The summed E-state index contributed by atoms with van der Waals surface area (Å²) in [4.78, 5) is 27.4. The number of nitrogens with zero attached hydrogens (tertiary/aromatic N) is 5. The highest BCUT2D eigenvalue weighted by molar-refractivity contribution is 5.74. The Bertz CT molecular complexity index is 1480. The molecule has 2 aromatic carbocycles. The fourth-order valence-electron chi connectivity index (χ4n) is 4.64. The van der Waals surface area contributed by atoms with Gasteiger partial charge in [-0.15, -0.1) is 0 Å². The molecule has 0 amide bonds. The number of carbonyl (C=O) groups is 1. The van der Waals surface area contributed by atoms with Crippen molar-refractivity contribution in [2.75, 3.05) is 31.1 Å². The van der Waals surface area contributed by atoms with Gasteiger partial charge in [-0.3, -0.25) is 9.69 Å². The molecule has 0 bridgehead atoms. The SMILES string of the molecule is Cc1oc(-c2ccccc2)nc1CCOc1ccc(CN2CCN(c3nccc(C(F)(F)F)n3)CC2C(=O)O)cc1. The van der Waals surface area contributed by atoms with Gasteiger partial charge >= 0.3 is 12.1 Å².